The molecule has 1 amide bonds. The number of thiocarbonyl (C=S) groups is 1. The van der Waals surface area contributed by atoms with E-state index in [0.29, 0.717) is 9.90 Å². The van der Waals surface area contributed by atoms with Crippen LogP contribution in [0.4, 0.5) is 5.69 Å². The Morgan fingerprint density at radius 1 is 1.19 bits per heavy atom. The second-order valence-electron chi connectivity index (χ2n) is 5.49. The molecular formula is C18H12ClN2O3S2-. The molecule has 0 radical (unpaired) electrons. The zero-order valence-corrected chi connectivity index (χ0v) is 15.8. The normalized spacial score (nSPS) is 10.5. The van der Waals surface area contributed by atoms with E-state index in [4.69, 9.17) is 23.8 Å². The van der Waals surface area contributed by atoms with Gasteiger partial charge in [-0.05, 0) is 37.3 Å². The van der Waals surface area contributed by atoms with Crippen molar-refractivity contribution in [3.63, 3.8) is 0 Å². The lowest BCUT2D eigenvalue weighted by atomic mass is 10.1. The van der Waals surface area contributed by atoms with Gasteiger partial charge in [0.25, 0.3) is 5.91 Å². The van der Waals surface area contributed by atoms with Crippen LogP contribution in [0, 0.1) is 6.92 Å². The van der Waals surface area contributed by atoms with Gasteiger partial charge in [-0.25, -0.2) is 0 Å². The average Bonchev–Trinajstić information content (AvgIpc) is 2.93. The number of nitrogens with one attached hydrogen (secondary N) is 2. The molecule has 8 heteroatoms. The van der Waals surface area contributed by atoms with Gasteiger partial charge in [-0.2, -0.15) is 0 Å². The molecule has 0 saturated heterocycles. The molecule has 0 bridgehead atoms. The van der Waals surface area contributed by atoms with Gasteiger partial charge < -0.3 is 15.2 Å². The Morgan fingerprint density at radius 3 is 2.62 bits per heavy atom. The number of amides is 1. The molecule has 132 valence electrons. The summed E-state index contributed by atoms with van der Waals surface area (Å²) >= 11 is 12.7. The predicted octanol–water partition coefficient (Wildman–Crippen LogP) is 3.35. The van der Waals surface area contributed by atoms with Crippen LogP contribution in [-0.2, 0) is 0 Å². The van der Waals surface area contributed by atoms with E-state index < -0.39 is 11.9 Å². The van der Waals surface area contributed by atoms with Crippen molar-refractivity contribution in [3.8, 4) is 0 Å². The lowest BCUT2D eigenvalue weighted by Gasteiger charge is -2.14. The lowest BCUT2D eigenvalue weighted by molar-refractivity contribution is -0.254. The van der Waals surface area contributed by atoms with Crippen LogP contribution in [0.1, 0.15) is 25.6 Å². The van der Waals surface area contributed by atoms with Crippen molar-refractivity contribution in [2.24, 2.45) is 0 Å². The van der Waals surface area contributed by atoms with E-state index in [9.17, 15) is 14.7 Å². The highest BCUT2D eigenvalue weighted by Gasteiger charge is 2.18. The summed E-state index contributed by atoms with van der Waals surface area (Å²) < 4.78 is 0.888. The number of fused-ring (bicyclic) bond motifs is 1. The Morgan fingerprint density at radius 2 is 1.92 bits per heavy atom. The number of benzene rings is 2. The van der Waals surface area contributed by atoms with Crippen LogP contribution in [-0.4, -0.2) is 17.0 Å². The van der Waals surface area contributed by atoms with Crippen molar-refractivity contribution in [2.75, 3.05) is 5.32 Å². The fourth-order valence-corrected chi connectivity index (χ4v) is 4.02. The van der Waals surface area contributed by atoms with E-state index in [1.54, 1.807) is 19.1 Å². The maximum Gasteiger partial charge on any atom is 0.269 e. The van der Waals surface area contributed by atoms with Crippen molar-refractivity contribution >= 4 is 67.9 Å². The van der Waals surface area contributed by atoms with Crippen molar-refractivity contribution < 1.29 is 14.7 Å². The molecule has 1 heterocycles. The van der Waals surface area contributed by atoms with E-state index >= 15 is 0 Å². The first-order valence-electron chi connectivity index (χ1n) is 7.48. The van der Waals surface area contributed by atoms with Crippen molar-refractivity contribution in [3.05, 3.63) is 63.5 Å². The molecule has 0 saturated carbocycles. The van der Waals surface area contributed by atoms with Crippen molar-refractivity contribution in [2.45, 2.75) is 6.92 Å². The fraction of sp³-hybridized carbons (Fsp3) is 0.0556. The number of aromatic carboxylic acids is 1. The first-order valence-corrected chi connectivity index (χ1v) is 9.08. The zero-order valence-electron chi connectivity index (χ0n) is 13.5. The minimum Gasteiger partial charge on any atom is -0.545 e. The molecule has 5 nitrogen and oxygen atoms in total. The van der Waals surface area contributed by atoms with Gasteiger partial charge in [-0.3, -0.25) is 10.1 Å². The van der Waals surface area contributed by atoms with E-state index in [-0.39, 0.29) is 16.4 Å². The van der Waals surface area contributed by atoms with Gasteiger partial charge in [0.15, 0.2) is 5.11 Å². The second-order valence-corrected chi connectivity index (χ2v) is 7.32. The molecule has 0 spiro atoms. The maximum atomic E-state index is 12.5. The summed E-state index contributed by atoms with van der Waals surface area (Å²) in [7, 11) is 0. The molecule has 3 rings (SSSR count). The smallest absolute Gasteiger partial charge is 0.269 e. The van der Waals surface area contributed by atoms with Gasteiger partial charge in [0, 0.05) is 21.3 Å². The SMILES string of the molecule is Cc1ccc(NC(=S)NC(=O)c2sc3ccccc3c2Cl)c(C(=O)[O-])c1. The molecule has 0 aliphatic rings. The van der Waals surface area contributed by atoms with Crippen LogP contribution in [0.3, 0.4) is 0 Å². The molecule has 2 aromatic carbocycles. The molecule has 0 aliphatic carbocycles. The quantitative estimate of drug-likeness (QED) is 0.655. The van der Waals surface area contributed by atoms with Crippen LogP contribution < -0.4 is 15.7 Å². The molecule has 0 unspecified atom stereocenters. The lowest BCUT2D eigenvalue weighted by Crippen LogP contribution is -2.35. The minimum atomic E-state index is -1.34. The molecule has 26 heavy (non-hydrogen) atoms. The van der Waals surface area contributed by atoms with Crippen LogP contribution in [0.5, 0.6) is 0 Å². The standard InChI is InChI=1S/C18H13ClN2O3S2/c1-9-6-7-12(11(8-9)17(23)24)20-18(25)21-16(22)15-14(19)10-4-2-3-5-13(10)26-15/h2-8H,1H3,(H,23,24)(H2,20,21,22,25)/p-1. The topological polar surface area (TPSA) is 81.3 Å². The summed E-state index contributed by atoms with van der Waals surface area (Å²) in [4.78, 5) is 24.0. The molecular weight excluding hydrogens is 392 g/mol. The van der Waals surface area contributed by atoms with Gasteiger partial charge >= 0.3 is 0 Å². The monoisotopic (exact) mass is 403 g/mol. The summed E-state index contributed by atoms with van der Waals surface area (Å²) in [5.74, 6) is -1.80. The highest BCUT2D eigenvalue weighted by atomic mass is 35.5. The third-order valence-electron chi connectivity index (χ3n) is 3.61. The average molecular weight is 404 g/mol. The van der Waals surface area contributed by atoms with Gasteiger partial charge in [-0.15, -0.1) is 11.3 Å². The Labute approximate surface area is 163 Å². The number of aryl methyl sites for hydroxylation is 1. The number of hydrogen-bond acceptors (Lipinski definition) is 5. The van der Waals surface area contributed by atoms with Crippen LogP contribution in [0.2, 0.25) is 5.02 Å². The van der Waals surface area contributed by atoms with E-state index in [2.05, 4.69) is 10.6 Å². The van der Waals surface area contributed by atoms with Gasteiger partial charge in [0.1, 0.15) is 4.88 Å². The first-order chi connectivity index (χ1) is 12.4. The summed E-state index contributed by atoms with van der Waals surface area (Å²) in [5, 5.41) is 17.6. The third-order valence-corrected chi connectivity index (χ3v) is 5.49. The zero-order chi connectivity index (χ0) is 18.8. The third kappa shape index (κ3) is 3.70. The van der Waals surface area contributed by atoms with Gasteiger partial charge in [-0.1, -0.05) is 41.4 Å². The summed E-state index contributed by atoms with van der Waals surface area (Å²) in [6.07, 6.45) is 0. The highest BCUT2D eigenvalue weighted by Crippen LogP contribution is 2.35. The number of halogens is 1. The second kappa shape index (κ2) is 7.41. The number of anilines is 1. The number of carboxylic acids is 1. The Kier molecular flexibility index (Phi) is 5.22. The molecule has 2 N–H and O–H groups in total. The molecule has 0 fully saturated rings. The summed E-state index contributed by atoms with van der Waals surface area (Å²) in [5.41, 5.74) is 0.964. The molecule has 0 aliphatic heterocycles. The Balaban J connectivity index is 1.79. The molecule has 0 atom stereocenters. The summed E-state index contributed by atoms with van der Waals surface area (Å²) in [6, 6.07) is 12.2. The number of thiophene rings is 1. The van der Waals surface area contributed by atoms with E-state index in [1.165, 1.54) is 17.4 Å². The van der Waals surface area contributed by atoms with Crippen LogP contribution in [0.25, 0.3) is 10.1 Å². The van der Waals surface area contributed by atoms with Crippen LogP contribution in [0.15, 0.2) is 42.5 Å². The summed E-state index contributed by atoms with van der Waals surface area (Å²) in [6.45, 7) is 1.76. The number of carbonyl (C=O) groups is 2. The van der Waals surface area contributed by atoms with Gasteiger partial charge in [0.2, 0.25) is 0 Å². The molecule has 3 aromatic rings. The number of carbonyl (C=O) groups excluding carboxylic acids is 2. The number of rotatable bonds is 3. The highest BCUT2D eigenvalue weighted by molar-refractivity contribution is 7.80. The maximum absolute atomic E-state index is 12.5. The predicted molar refractivity (Wildman–Crippen MR) is 106 cm³/mol. The van der Waals surface area contributed by atoms with Crippen molar-refractivity contribution in [1.82, 2.24) is 5.32 Å². The van der Waals surface area contributed by atoms with Crippen LogP contribution >= 0.6 is 35.2 Å². The fourth-order valence-electron chi connectivity index (χ4n) is 2.41. The molecule has 1 aromatic heterocycles. The first kappa shape index (κ1) is 18.3. The number of carboxylic acid groups (broad SMARTS) is 1. The van der Waals surface area contributed by atoms with E-state index in [0.717, 1.165) is 15.6 Å². The Hall–Kier alpha value is -2.48. The number of hydrogen-bond donors (Lipinski definition) is 2. The Bertz CT molecular complexity index is 1050. The largest absolute Gasteiger partial charge is 0.545 e. The van der Waals surface area contributed by atoms with Gasteiger partial charge in [0.05, 0.1) is 11.0 Å². The minimum absolute atomic E-state index is 0.0325. The van der Waals surface area contributed by atoms with E-state index in [1.807, 2.05) is 24.3 Å². The van der Waals surface area contributed by atoms with Crippen molar-refractivity contribution in [1.29, 1.82) is 0 Å².